The minimum atomic E-state index is -0.161. The van der Waals surface area contributed by atoms with Crippen molar-refractivity contribution < 1.29 is 14.6 Å². The molecule has 8 heteroatoms. The molecule has 3 rings (SSSR count). The molecule has 1 fully saturated rings. The van der Waals surface area contributed by atoms with E-state index in [-0.39, 0.29) is 11.7 Å². The predicted molar refractivity (Wildman–Crippen MR) is 114 cm³/mol. The van der Waals surface area contributed by atoms with E-state index in [1.807, 2.05) is 24.3 Å². The van der Waals surface area contributed by atoms with Gasteiger partial charge in [0, 0.05) is 37.7 Å². The first-order valence-corrected chi connectivity index (χ1v) is 9.80. The fourth-order valence-corrected chi connectivity index (χ4v) is 3.36. The number of rotatable bonds is 7. The highest BCUT2D eigenvalue weighted by Gasteiger charge is 2.19. The van der Waals surface area contributed by atoms with Crippen molar-refractivity contribution in [3.05, 3.63) is 58.6 Å². The van der Waals surface area contributed by atoms with Gasteiger partial charge < -0.3 is 9.84 Å². The van der Waals surface area contributed by atoms with Crippen molar-refractivity contribution in [1.82, 2.24) is 15.2 Å². The third kappa shape index (κ3) is 6.19. The number of nitrogens with zero attached hydrogens (tertiary/aromatic N) is 3. The predicted octanol–water partition coefficient (Wildman–Crippen LogP) is 2.32. The van der Waals surface area contributed by atoms with Crippen LogP contribution in [-0.2, 0) is 11.3 Å². The second-order valence-corrected chi connectivity index (χ2v) is 7.28. The highest BCUT2D eigenvalue weighted by Crippen LogP contribution is 2.25. The summed E-state index contributed by atoms with van der Waals surface area (Å²) in [6, 6.07) is 12.7. The molecule has 0 bridgehead atoms. The molecule has 0 spiro atoms. The Balaban J connectivity index is 1.41. The Morgan fingerprint density at radius 3 is 2.66 bits per heavy atom. The topological polar surface area (TPSA) is 77.4 Å². The standard InChI is InChI=1S/C21H25ClN4O3/c1-29-20-12-16(6-7-19(20)27)13-23-24-21(28)15-26-10-8-25(9-11-26)14-17-4-2-3-5-18(17)22/h2-7,12-13,27H,8-11,14-15H2,1H3,(H,24,28)/b23-13-. The SMILES string of the molecule is COc1cc(/C=N\NC(=O)CN2CCN(Cc3ccccc3Cl)CC2)ccc1O. The molecule has 7 nitrogen and oxygen atoms in total. The van der Waals surface area contributed by atoms with Gasteiger partial charge in [-0.25, -0.2) is 5.43 Å². The van der Waals surface area contributed by atoms with Gasteiger partial charge in [-0.2, -0.15) is 5.10 Å². The first-order valence-electron chi connectivity index (χ1n) is 9.42. The molecule has 1 amide bonds. The Labute approximate surface area is 175 Å². The van der Waals surface area contributed by atoms with Crippen LogP contribution in [0, 0.1) is 0 Å². The second-order valence-electron chi connectivity index (χ2n) is 6.87. The van der Waals surface area contributed by atoms with Gasteiger partial charge in [0.15, 0.2) is 11.5 Å². The summed E-state index contributed by atoms with van der Waals surface area (Å²) in [6.45, 7) is 4.52. The molecule has 2 N–H and O–H groups in total. The van der Waals surface area contributed by atoms with E-state index in [1.165, 1.54) is 19.4 Å². The number of hydrogen-bond acceptors (Lipinski definition) is 6. The van der Waals surface area contributed by atoms with Crippen LogP contribution >= 0.6 is 11.6 Å². The number of carbonyl (C=O) groups is 1. The van der Waals surface area contributed by atoms with Crippen LogP contribution in [0.4, 0.5) is 0 Å². The van der Waals surface area contributed by atoms with Crippen molar-refractivity contribution in [2.24, 2.45) is 5.10 Å². The number of halogens is 1. The zero-order valence-electron chi connectivity index (χ0n) is 16.3. The van der Waals surface area contributed by atoms with Gasteiger partial charge in [0.1, 0.15) is 0 Å². The van der Waals surface area contributed by atoms with Gasteiger partial charge in [-0.05, 0) is 35.4 Å². The number of carbonyl (C=O) groups excluding carboxylic acids is 1. The summed E-state index contributed by atoms with van der Waals surface area (Å²) < 4.78 is 5.05. The Morgan fingerprint density at radius 1 is 1.21 bits per heavy atom. The smallest absolute Gasteiger partial charge is 0.254 e. The van der Waals surface area contributed by atoms with E-state index >= 15 is 0 Å². The average Bonchev–Trinajstić information content (AvgIpc) is 2.72. The van der Waals surface area contributed by atoms with E-state index in [0.29, 0.717) is 17.9 Å². The maximum Gasteiger partial charge on any atom is 0.254 e. The monoisotopic (exact) mass is 416 g/mol. The number of aromatic hydroxyl groups is 1. The molecule has 0 radical (unpaired) electrons. The molecule has 0 saturated carbocycles. The fraction of sp³-hybridized carbons (Fsp3) is 0.333. The fourth-order valence-electron chi connectivity index (χ4n) is 3.16. The summed E-state index contributed by atoms with van der Waals surface area (Å²) in [5.41, 5.74) is 4.38. The highest BCUT2D eigenvalue weighted by molar-refractivity contribution is 6.31. The number of amides is 1. The molecule has 0 unspecified atom stereocenters. The maximum absolute atomic E-state index is 12.1. The molecule has 154 valence electrons. The van der Waals surface area contributed by atoms with Crippen molar-refractivity contribution in [3.8, 4) is 11.5 Å². The van der Waals surface area contributed by atoms with Crippen LogP contribution in [0.1, 0.15) is 11.1 Å². The minimum absolute atomic E-state index is 0.0577. The number of benzene rings is 2. The number of piperazine rings is 1. The van der Waals surface area contributed by atoms with E-state index in [0.717, 1.165) is 43.3 Å². The molecule has 1 aliphatic rings. The summed E-state index contributed by atoms with van der Waals surface area (Å²) >= 11 is 6.24. The molecule has 1 saturated heterocycles. The quantitative estimate of drug-likeness (QED) is 0.535. The van der Waals surface area contributed by atoms with Crippen molar-refractivity contribution in [2.45, 2.75) is 6.54 Å². The molecule has 1 aliphatic heterocycles. The lowest BCUT2D eigenvalue weighted by Crippen LogP contribution is -2.48. The molecular formula is C21H25ClN4O3. The van der Waals surface area contributed by atoms with Crippen molar-refractivity contribution in [3.63, 3.8) is 0 Å². The Hall–Kier alpha value is -2.61. The van der Waals surface area contributed by atoms with Crippen molar-refractivity contribution in [2.75, 3.05) is 39.8 Å². The zero-order chi connectivity index (χ0) is 20.6. The van der Waals surface area contributed by atoms with Crippen molar-refractivity contribution >= 4 is 23.7 Å². The largest absolute Gasteiger partial charge is 0.504 e. The number of hydrazone groups is 1. The van der Waals surface area contributed by atoms with E-state index in [2.05, 4.69) is 20.3 Å². The number of nitrogens with one attached hydrogen (secondary N) is 1. The van der Waals surface area contributed by atoms with E-state index < -0.39 is 0 Å². The number of methoxy groups -OCH3 is 1. The van der Waals surface area contributed by atoms with E-state index in [9.17, 15) is 9.90 Å². The third-order valence-electron chi connectivity index (χ3n) is 4.79. The average molecular weight is 417 g/mol. The molecule has 0 aliphatic carbocycles. The molecule has 1 heterocycles. The summed E-state index contributed by atoms with van der Waals surface area (Å²) in [5, 5.41) is 14.4. The van der Waals surface area contributed by atoms with Gasteiger partial charge in [-0.1, -0.05) is 29.8 Å². The van der Waals surface area contributed by atoms with Gasteiger partial charge in [0.2, 0.25) is 0 Å². The summed E-state index contributed by atoms with van der Waals surface area (Å²) in [5.74, 6) is 0.254. The first kappa shape index (κ1) is 21.1. The molecule has 29 heavy (non-hydrogen) atoms. The second kappa shape index (κ2) is 10.2. The summed E-state index contributed by atoms with van der Waals surface area (Å²) in [7, 11) is 1.48. The Bertz CT molecular complexity index is 867. The lowest BCUT2D eigenvalue weighted by Gasteiger charge is -2.34. The molecule has 0 atom stereocenters. The lowest BCUT2D eigenvalue weighted by molar-refractivity contribution is -0.122. The van der Waals surface area contributed by atoms with E-state index in [1.54, 1.807) is 12.1 Å². The molecular weight excluding hydrogens is 392 g/mol. The molecule has 2 aromatic rings. The number of hydrogen-bond donors (Lipinski definition) is 2. The number of ether oxygens (including phenoxy) is 1. The van der Waals surface area contributed by atoms with Crippen LogP contribution in [0.15, 0.2) is 47.6 Å². The van der Waals surface area contributed by atoms with Crippen LogP contribution in [-0.4, -0.2) is 66.9 Å². The number of phenols is 1. The van der Waals surface area contributed by atoms with Crippen LogP contribution in [0.5, 0.6) is 11.5 Å². The normalized spacial score (nSPS) is 15.5. The molecule has 0 aromatic heterocycles. The number of phenolic OH excluding ortho intramolecular Hbond substituents is 1. The third-order valence-corrected chi connectivity index (χ3v) is 5.16. The minimum Gasteiger partial charge on any atom is -0.504 e. The Morgan fingerprint density at radius 2 is 1.93 bits per heavy atom. The van der Waals surface area contributed by atoms with Crippen LogP contribution in [0.25, 0.3) is 0 Å². The van der Waals surface area contributed by atoms with E-state index in [4.69, 9.17) is 16.3 Å². The van der Waals surface area contributed by atoms with Gasteiger partial charge in [-0.15, -0.1) is 0 Å². The summed E-state index contributed by atoms with van der Waals surface area (Å²) in [6.07, 6.45) is 1.52. The molecule has 2 aromatic carbocycles. The first-order chi connectivity index (χ1) is 14.0. The van der Waals surface area contributed by atoms with Gasteiger partial charge in [-0.3, -0.25) is 14.6 Å². The van der Waals surface area contributed by atoms with Gasteiger partial charge >= 0.3 is 0 Å². The van der Waals surface area contributed by atoms with Gasteiger partial charge in [0.25, 0.3) is 5.91 Å². The lowest BCUT2D eigenvalue weighted by atomic mass is 10.2. The van der Waals surface area contributed by atoms with Crippen LogP contribution < -0.4 is 10.2 Å². The summed E-state index contributed by atoms with van der Waals surface area (Å²) in [4.78, 5) is 16.6. The van der Waals surface area contributed by atoms with Gasteiger partial charge in [0.05, 0.1) is 19.9 Å². The Kier molecular flexibility index (Phi) is 7.46. The van der Waals surface area contributed by atoms with Crippen molar-refractivity contribution in [1.29, 1.82) is 0 Å². The maximum atomic E-state index is 12.1. The zero-order valence-corrected chi connectivity index (χ0v) is 17.1. The van der Waals surface area contributed by atoms with Crippen LogP contribution in [0.3, 0.4) is 0 Å². The van der Waals surface area contributed by atoms with Crippen LogP contribution in [0.2, 0.25) is 5.02 Å². The highest BCUT2D eigenvalue weighted by atomic mass is 35.5.